The molecule has 2 amide bonds. The van der Waals surface area contributed by atoms with Crippen molar-refractivity contribution >= 4 is 11.8 Å². The monoisotopic (exact) mass is 268 g/mol. The summed E-state index contributed by atoms with van der Waals surface area (Å²) >= 11 is 0. The molecule has 2 N–H and O–H groups in total. The van der Waals surface area contributed by atoms with Crippen LogP contribution in [-0.2, 0) is 4.79 Å². The third-order valence-electron chi connectivity index (χ3n) is 3.09. The van der Waals surface area contributed by atoms with Crippen LogP contribution in [0.25, 0.3) is 0 Å². The molecule has 0 saturated carbocycles. The van der Waals surface area contributed by atoms with Gasteiger partial charge in [-0.15, -0.1) is 0 Å². The zero-order chi connectivity index (χ0) is 14.6. The molecule has 0 radical (unpaired) electrons. The molecule has 6 heteroatoms. The Morgan fingerprint density at radius 2 is 2.16 bits per heavy atom. The first-order valence-corrected chi connectivity index (χ1v) is 6.02. The highest BCUT2D eigenvalue weighted by molar-refractivity contribution is 5.95. The van der Waals surface area contributed by atoms with Crippen molar-refractivity contribution in [1.29, 1.82) is 0 Å². The lowest BCUT2D eigenvalue weighted by molar-refractivity contribution is -0.137. The van der Waals surface area contributed by atoms with E-state index in [1.54, 1.807) is 33.9 Å². The van der Waals surface area contributed by atoms with Gasteiger partial charge in [0.25, 0.3) is 5.91 Å². The first-order valence-electron chi connectivity index (χ1n) is 6.02. The summed E-state index contributed by atoms with van der Waals surface area (Å²) in [6, 6.07) is 2.42. The van der Waals surface area contributed by atoms with Crippen LogP contribution in [0.5, 0.6) is 0 Å². The van der Waals surface area contributed by atoms with Gasteiger partial charge >= 0.3 is 0 Å². The normalized spacial score (nSPS) is 12.9. The molecule has 0 bridgehead atoms. The quantitative estimate of drug-likeness (QED) is 0.820. The number of furan rings is 1. The molecule has 0 aliphatic rings. The van der Waals surface area contributed by atoms with Crippen LogP contribution in [0.4, 0.5) is 0 Å². The van der Waals surface area contributed by atoms with E-state index in [0.717, 1.165) is 0 Å². The molecular formula is C13H20N2O4. The Balaban J connectivity index is 2.65. The fourth-order valence-corrected chi connectivity index (χ4v) is 1.43. The van der Waals surface area contributed by atoms with E-state index in [1.165, 1.54) is 17.2 Å². The Morgan fingerprint density at radius 3 is 2.63 bits per heavy atom. The molecule has 106 valence electrons. The van der Waals surface area contributed by atoms with Crippen molar-refractivity contribution < 1.29 is 19.1 Å². The summed E-state index contributed by atoms with van der Waals surface area (Å²) < 4.78 is 4.95. The second-order valence-corrected chi connectivity index (χ2v) is 5.04. The minimum absolute atomic E-state index is 0.156. The molecule has 1 aromatic rings. The lowest BCUT2D eigenvalue weighted by Gasteiger charge is -2.35. The lowest BCUT2D eigenvalue weighted by atomic mass is 10.0. The Labute approximate surface area is 112 Å². The van der Waals surface area contributed by atoms with E-state index in [2.05, 4.69) is 5.32 Å². The van der Waals surface area contributed by atoms with Gasteiger partial charge in [-0.05, 0) is 32.9 Å². The predicted octanol–water partition coefficient (Wildman–Crippen LogP) is 0.627. The number of hydrogen-bond donors (Lipinski definition) is 2. The first-order chi connectivity index (χ1) is 8.79. The zero-order valence-electron chi connectivity index (χ0n) is 11.6. The van der Waals surface area contributed by atoms with Crippen molar-refractivity contribution in [1.82, 2.24) is 10.2 Å². The lowest BCUT2D eigenvalue weighted by Crippen LogP contribution is -2.54. The summed E-state index contributed by atoms with van der Waals surface area (Å²) in [5.41, 5.74) is -0.680. The number of amides is 2. The van der Waals surface area contributed by atoms with E-state index in [-0.39, 0.29) is 18.3 Å². The van der Waals surface area contributed by atoms with E-state index in [4.69, 9.17) is 4.42 Å². The number of nitrogens with one attached hydrogen (secondary N) is 1. The highest BCUT2D eigenvalue weighted by Crippen LogP contribution is 2.12. The van der Waals surface area contributed by atoms with Gasteiger partial charge in [0.1, 0.15) is 6.04 Å². The number of nitrogens with zero attached hydrogens (tertiary/aromatic N) is 1. The van der Waals surface area contributed by atoms with Gasteiger partial charge in [0.2, 0.25) is 5.91 Å². The molecule has 0 spiro atoms. The smallest absolute Gasteiger partial charge is 0.287 e. The second-order valence-electron chi connectivity index (χ2n) is 5.04. The number of hydrogen-bond acceptors (Lipinski definition) is 4. The van der Waals surface area contributed by atoms with Crippen LogP contribution >= 0.6 is 0 Å². The van der Waals surface area contributed by atoms with E-state index >= 15 is 0 Å². The van der Waals surface area contributed by atoms with Crippen LogP contribution in [0, 0.1) is 0 Å². The third kappa shape index (κ3) is 3.57. The highest BCUT2D eigenvalue weighted by atomic mass is 16.3. The average molecular weight is 268 g/mol. The van der Waals surface area contributed by atoms with Crippen molar-refractivity contribution in [2.24, 2.45) is 0 Å². The zero-order valence-corrected chi connectivity index (χ0v) is 11.6. The summed E-state index contributed by atoms with van der Waals surface area (Å²) in [7, 11) is 1.59. The average Bonchev–Trinajstić information content (AvgIpc) is 2.90. The minimum atomic E-state index is -0.701. The molecule has 1 heterocycles. The molecule has 19 heavy (non-hydrogen) atoms. The molecule has 0 saturated heterocycles. The van der Waals surface area contributed by atoms with E-state index in [0.29, 0.717) is 0 Å². The number of carbonyl (C=O) groups excluding carboxylic acids is 2. The van der Waals surface area contributed by atoms with E-state index in [9.17, 15) is 14.7 Å². The molecule has 0 aromatic carbocycles. The van der Waals surface area contributed by atoms with Crippen LogP contribution in [0.1, 0.15) is 31.3 Å². The molecule has 1 atom stereocenters. The van der Waals surface area contributed by atoms with Gasteiger partial charge in [-0.1, -0.05) is 0 Å². The summed E-state index contributed by atoms with van der Waals surface area (Å²) in [4.78, 5) is 25.3. The van der Waals surface area contributed by atoms with Gasteiger partial charge in [0, 0.05) is 7.05 Å². The molecule has 1 unspecified atom stereocenters. The van der Waals surface area contributed by atoms with Gasteiger partial charge in [0.15, 0.2) is 5.76 Å². The molecule has 1 aromatic heterocycles. The first kappa shape index (κ1) is 15.2. The Bertz CT molecular complexity index is 440. The van der Waals surface area contributed by atoms with E-state index < -0.39 is 17.5 Å². The highest BCUT2D eigenvalue weighted by Gasteiger charge is 2.30. The number of likely N-dealkylation sites (N-methyl/N-ethyl adjacent to an activating group) is 1. The van der Waals surface area contributed by atoms with Gasteiger partial charge in [0.05, 0.1) is 18.4 Å². The van der Waals surface area contributed by atoms with Crippen molar-refractivity contribution in [2.45, 2.75) is 32.4 Å². The molecule has 0 aliphatic heterocycles. The van der Waals surface area contributed by atoms with Gasteiger partial charge in [-0.2, -0.15) is 0 Å². The molecule has 1 rings (SSSR count). The summed E-state index contributed by atoms with van der Waals surface area (Å²) in [6.07, 6.45) is 1.39. The maximum atomic E-state index is 12.1. The SMILES string of the molecule is CC(NC(=O)c1ccco1)C(=O)N(C)C(C)(C)CO. The van der Waals surface area contributed by atoms with Crippen molar-refractivity contribution in [3.8, 4) is 0 Å². The van der Waals surface area contributed by atoms with Gasteiger partial charge in [-0.25, -0.2) is 0 Å². The van der Waals surface area contributed by atoms with E-state index in [1.807, 2.05) is 0 Å². The second kappa shape index (κ2) is 5.88. The number of aliphatic hydroxyl groups excluding tert-OH is 1. The van der Waals surface area contributed by atoms with Crippen molar-refractivity contribution in [3.05, 3.63) is 24.2 Å². The largest absolute Gasteiger partial charge is 0.459 e. The maximum Gasteiger partial charge on any atom is 0.287 e. The summed E-state index contributed by atoms with van der Waals surface area (Å²) in [5, 5.41) is 11.8. The topological polar surface area (TPSA) is 82.8 Å². The van der Waals surface area contributed by atoms with Crippen LogP contribution in [0.3, 0.4) is 0 Å². The van der Waals surface area contributed by atoms with Crippen LogP contribution in [0.15, 0.2) is 22.8 Å². The maximum absolute atomic E-state index is 12.1. The number of carbonyl (C=O) groups is 2. The summed E-state index contributed by atoms with van der Waals surface area (Å²) in [6.45, 7) is 4.92. The van der Waals surface area contributed by atoms with Crippen LogP contribution in [-0.4, -0.2) is 47.1 Å². The molecular weight excluding hydrogens is 248 g/mol. The molecule has 0 aliphatic carbocycles. The third-order valence-corrected chi connectivity index (χ3v) is 3.09. The number of aliphatic hydroxyl groups is 1. The van der Waals surface area contributed by atoms with Crippen molar-refractivity contribution in [3.63, 3.8) is 0 Å². The molecule has 6 nitrogen and oxygen atoms in total. The number of rotatable bonds is 5. The Kier molecular flexibility index (Phi) is 4.72. The Hall–Kier alpha value is -1.82. The van der Waals surface area contributed by atoms with Gasteiger partial charge in [-0.3, -0.25) is 9.59 Å². The van der Waals surface area contributed by atoms with Crippen molar-refractivity contribution in [2.75, 3.05) is 13.7 Å². The predicted molar refractivity (Wildman–Crippen MR) is 69.6 cm³/mol. The fraction of sp³-hybridized carbons (Fsp3) is 0.538. The molecule has 0 fully saturated rings. The van der Waals surface area contributed by atoms with Crippen LogP contribution < -0.4 is 5.32 Å². The standard InChI is InChI=1S/C13H20N2O4/c1-9(12(18)15(4)13(2,3)8-16)14-11(17)10-6-5-7-19-10/h5-7,9,16H,8H2,1-4H3,(H,14,17). The minimum Gasteiger partial charge on any atom is -0.459 e. The fourth-order valence-electron chi connectivity index (χ4n) is 1.43. The van der Waals surface area contributed by atoms with Gasteiger partial charge < -0.3 is 19.7 Å². The Morgan fingerprint density at radius 1 is 1.53 bits per heavy atom. The summed E-state index contributed by atoms with van der Waals surface area (Å²) in [5.74, 6) is -0.566. The van der Waals surface area contributed by atoms with Crippen LogP contribution in [0.2, 0.25) is 0 Å².